The minimum Gasteiger partial charge on any atom is -0.339 e. The quantitative estimate of drug-likeness (QED) is 0.714. The molecule has 146 valence electrons. The predicted molar refractivity (Wildman–Crippen MR) is 112 cm³/mol. The van der Waals surface area contributed by atoms with Crippen molar-refractivity contribution in [2.45, 2.75) is 33.2 Å². The minimum absolute atomic E-state index is 0. The van der Waals surface area contributed by atoms with E-state index in [0.717, 1.165) is 31.5 Å². The molecule has 2 aromatic carbocycles. The molecule has 0 bridgehead atoms. The number of anilines is 1. The Labute approximate surface area is 167 Å². The largest absolute Gasteiger partial charge is 0.339 e. The van der Waals surface area contributed by atoms with Gasteiger partial charge >= 0.3 is 0 Å². The van der Waals surface area contributed by atoms with Crippen molar-refractivity contribution in [2.24, 2.45) is 5.73 Å². The van der Waals surface area contributed by atoms with Crippen LogP contribution in [0.25, 0.3) is 0 Å². The molecule has 0 radical (unpaired) electrons. The van der Waals surface area contributed by atoms with Gasteiger partial charge in [-0.25, -0.2) is 0 Å². The summed E-state index contributed by atoms with van der Waals surface area (Å²) in [5.41, 5.74) is 8.41. The third-order valence-corrected chi connectivity index (χ3v) is 4.12. The van der Waals surface area contributed by atoms with Crippen molar-refractivity contribution in [3.8, 4) is 0 Å². The lowest BCUT2D eigenvalue weighted by Crippen LogP contribution is -2.32. The highest BCUT2D eigenvalue weighted by molar-refractivity contribution is 6.04. The normalized spacial score (nSPS) is 10.0. The van der Waals surface area contributed by atoms with Crippen LogP contribution in [0.15, 0.2) is 48.5 Å². The summed E-state index contributed by atoms with van der Waals surface area (Å²) in [4.78, 5) is 26.7. The second-order valence-electron chi connectivity index (χ2n) is 6.22. The Balaban J connectivity index is 0.00000364. The Morgan fingerprint density at radius 2 is 1.41 bits per heavy atom. The fraction of sp³-hybridized carbons (Fsp3) is 0.333. The van der Waals surface area contributed by atoms with E-state index in [-0.39, 0.29) is 24.2 Å². The van der Waals surface area contributed by atoms with Gasteiger partial charge in [-0.15, -0.1) is 12.4 Å². The molecule has 3 N–H and O–H groups in total. The highest BCUT2D eigenvalue weighted by Crippen LogP contribution is 2.14. The maximum Gasteiger partial charge on any atom is 0.255 e. The van der Waals surface area contributed by atoms with Crippen molar-refractivity contribution >= 4 is 29.9 Å². The Hall–Kier alpha value is -2.37. The van der Waals surface area contributed by atoms with Crippen LogP contribution >= 0.6 is 12.4 Å². The van der Waals surface area contributed by atoms with Crippen molar-refractivity contribution in [1.82, 2.24) is 4.90 Å². The van der Waals surface area contributed by atoms with Crippen LogP contribution in [0.2, 0.25) is 0 Å². The van der Waals surface area contributed by atoms with Crippen molar-refractivity contribution in [3.63, 3.8) is 0 Å². The number of amides is 2. The maximum atomic E-state index is 12.6. The fourth-order valence-electron chi connectivity index (χ4n) is 2.73. The summed E-state index contributed by atoms with van der Waals surface area (Å²) in [6.45, 7) is 6.08. The number of carbonyl (C=O) groups excluding carboxylic acids is 2. The van der Waals surface area contributed by atoms with Gasteiger partial charge in [-0.2, -0.15) is 0 Å². The second-order valence-corrected chi connectivity index (χ2v) is 6.22. The lowest BCUT2D eigenvalue weighted by molar-refractivity contribution is 0.0755. The number of nitrogens with zero attached hydrogens (tertiary/aromatic N) is 1. The van der Waals surface area contributed by atoms with E-state index in [1.807, 2.05) is 17.0 Å². The number of hydrogen-bond acceptors (Lipinski definition) is 3. The molecule has 0 heterocycles. The lowest BCUT2D eigenvalue weighted by Gasteiger charge is -2.21. The standard InChI is InChI=1S/C21H27N3O2.ClH/c1-3-13-24(14-4-2)21(26)18-9-11-19(12-10-18)23-20(25)17-7-5-16(15-22)6-8-17;/h5-12H,3-4,13-15,22H2,1-2H3,(H,23,25);1H. The average molecular weight is 390 g/mol. The summed E-state index contributed by atoms with van der Waals surface area (Å²) in [6, 6.07) is 14.2. The predicted octanol–water partition coefficient (Wildman–Crippen LogP) is 4.08. The Morgan fingerprint density at radius 1 is 0.889 bits per heavy atom. The number of hydrogen-bond donors (Lipinski definition) is 2. The van der Waals surface area contributed by atoms with Crippen molar-refractivity contribution < 1.29 is 9.59 Å². The summed E-state index contributed by atoms with van der Waals surface area (Å²) in [6.07, 6.45) is 1.87. The minimum atomic E-state index is -0.189. The molecule has 5 nitrogen and oxygen atoms in total. The maximum absolute atomic E-state index is 12.6. The monoisotopic (exact) mass is 389 g/mol. The first kappa shape index (κ1) is 22.7. The van der Waals surface area contributed by atoms with E-state index >= 15 is 0 Å². The molecule has 27 heavy (non-hydrogen) atoms. The van der Waals surface area contributed by atoms with E-state index in [9.17, 15) is 9.59 Å². The highest BCUT2D eigenvalue weighted by Gasteiger charge is 2.14. The van der Waals surface area contributed by atoms with Crippen LogP contribution in [0.5, 0.6) is 0 Å². The molecule has 0 unspecified atom stereocenters. The molecule has 0 aliphatic heterocycles. The zero-order valence-corrected chi connectivity index (χ0v) is 16.7. The molecular weight excluding hydrogens is 362 g/mol. The van der Waals surface area contributed by atoms with Crippen LogP contribution in [0, 0.1) is 0 Å². The Kier molecular flexibility index (Phi) is 9.54. The van der Waals surface area contributed by atoms with E-state index in [2.05, 4.69) is 19.2 Å². The topological polar surface area (TPSA) is 75.4 Å². The summed E-state index contributed by atoms with van der Waals surface area (Å²) in [5, 5.41) is 2.85. The van der Waals surface area contributed by atoms with Crippen LogP contribution in [0.3, 0.4) is 0 Å². The molecule has 2 amide bonds. The fourth-order valence-corrected chi connectivity index (χ4v) is 2.73. The zero-order chi connectivity index (χ0) is 18.9. The third kappa shape index (κ3) is 6.38. The Bertz CT molecular complexity index is 724. The highest BCUT2D eigenvalue weighted by atomic mass is 35.5. The molecular formula is C21H28ClN3O2. The Morgan fingerprint density at radius 3 is 1.89 bits per heavy atom. The average Bonchev–Trinajstić information content (AvgIpc) is 2.68. The summed E-state index contributed by atoms with van der Waals surface area (Å²) in [7, 11) is 0. The van der Waals surface area contributed by atoms with E-state index in [4.69, 9.17) is 5.73 Å². The van der Waals surface area contributed by atoms with Gasteiger partial charge in [0.05, 0.1) is 0 Å². The van der Waals surface area contributed by atoms with Gasteiger partial charge in [0.15, 0.2) is 0 Å². The van der Waals surface area contributed by atoms with Crippen LogP contribution < -0.4 is 11.1 Å². The summed E-state index contributed by atoms with van der Waals surface area (Å²) in [5.74, 6) is -0.157. The van der Waals surface area contributed by atoms with Gasteiger partial charge in [0, 0.05) is 36.4 Å². The van der Waals surface area contributed by atoms with Gasteiger partial charge in [0.2, 0.25) is 0 Å². The van der Waals surface area contributed by atoms with Gasteiger partial charge in [0.1, 0.15) is 0 Å². The molecule has 0 aromatic heterocycles. The smallest absolute Gasteiger partial charge is 0.255 e. The molecule has 2 rings (SSSR count). The number of rotatable bonds is 8. The van der Waals surface area contributed by atoms with Gasteiger partial charge in [-0.3, -0.25) is 9.59 Å². The van der Waals surface area contributed by atoms with E-state index < -0.39 is 0 Å². The zero-order valence-electron chi connectivity index (χ0n) is 15.9. The first-order chi connectivity index (χ1) is 12.6. The van der Waals surface area contributed by atoms with Crippen molar-refractivity contribution in [3.05, 3.63) is 65.2 Å². The summed E-state index contributed by atoms with van der Waals surface area (Å²) >= 11 is 0. The number of benzene rings is 2. The first-order valence-electron chi connectivity index (χ1n) is 9.08. The third-order valence-electron chi connectivity index (χ3n) is 4.12. The molecule has 0 fully saturated rings. The molecule has 6 heteroatoms. The molecule has 0 saturated carbocycles. The van der Waals surface area contributed by atoms with E-state index in [1.54, 1.807) is 36.4 Å². The van der Waals surface area contributed by atoms with Gasteiger partial charge < -0.3 is 16.0 Å². The van der Waals surface area contributed by atoms with Crippen LogP contribution in [-0.2, 0) is 6.54 Å². The SMILES string of the molecule is CCCN(CCC)C(=O)c1ccc(NC(=O)c2ccc(CN)cc2)cc1.Cl. The van der Waals surface area contributed by atoms with Crippen LogP contribution in [0.4, 0.5) is 5.69 Å². The van der Waals surface area contributed by atoms with Crippen LogP contribution in [-0.4, -0.2) is 29.8 Å². The number of nitrogens with one attached hydrogen (secondary N) is 1. The van der Waals surface area contributed by atoms with Gasteiger partial charge in [-0.05, 0) is 54.8 Å². The summed E-state index contributed by atoms with van der Waals surface area (Å²) < 4.78 is 0. The van der Waals surface area contributed by atoms with Gasteiger partial charge in [-0.1, -0.05) is 26.0 Å². The second kappa shape index (κ2) is 11.4. The van der Waals surface area contributed by atoms with Crippen molar-refractivity contribution in [1.29, 1.82) is 0 Å². The number of nitrogens with two attached hydrogens (primary N) is 1. The van der Waals surface area contributed by atoms with E-state index in [0.29, 0.717) is 23.4 Å². The van der Waals surface area contributed by atoms with Crippen LogP contribution in [0.1, 0.15) is 53.0 Å². The lowest BCUT2D eigenvalue weighted by atomic mass is 10.1. The molecule has 0 spiro atoms. The van der Waals surface area contributed by atoms with E-state index in [1.165, 1.54) is 0 Å². The molecule has 2 aromatic rings. The molecule has 0 atom stereocenters. The number of halogens is 1. The number of carbonyl (C=O) groups is 2. The molecule has 0 aliphatic rings. The first-order valence-corrected chi connectivity index (χ1v) is 9.08. The molecule has 0 saturated heterocycles. The van der Waals surface area contributed by atoms with Crippen molar-refractivity contribution in [2.75, 3.05) is 18.4 Å². The van der Waals surface area contributed by atoms with Gasteiger partial charge in [0.25, 0.3) is 11.8 Å². The molecule has 0 aliphatic carbocycles.